The molecule has 0 fully saturated rings. The second-order valence-corrected chi connectivity index (χ2v) is 3.93. The number of Topliss-reactive ketones (excluding diaryl/α,β-unsaturated/α-hetero) is 1. The van der Waals surface area contributed by atoms with Crippen molar-refractivity contribution in [2.75, 3.05) is 13.2 Å². The van der Waals surface area contributed by atoms with Crippen LogP contribution in [0.25, 0.3) is 0 Å². The molecule has 0 saturated carbocycles. The summed E-state index contributed by atoms with van der Waals surface area (Å²) in [5.41, 5.74) is 0.671. The molecule has 0 bridgehead atoms. The predicted molar refractivity (Wildman–Crippen MR) is 64.1 cm³/mol. The number of benzene rings is 1. The molecule has 0 unspecified atom stereocenters. The first kappa shape index (κ1) is 12.1. The molecule has 0 aliphatic rings. The minimum Gasteiger partial charge on any atom is -0.369 e. The number of rotatable bonds is 5. The van der Waals surface area contributed by atoms with Crippen LogP contribution < -0.4 is 0 Å². The van der Waals surface area contributed by atoms with E-state index in [0.29, 0.717) is 12.2 Å². The summed E-state index contributed by atoms with van der Waals surface area (Å²) in [7, 11) is 0. The molecule has 0 spiro atoms. The Morgan fingerprint density at radius 2 is 2.33 bits per heavy atom. The predicted octanol–water partition coefficient (Wildman–Crippen LogP) is 3.22. The molecule has 1 aromatic carbocycles. The van der Waals surface area contributed by atoms with E-state index in [1.165, 1.54) is 0 Å². The van der Waals surface area contributed by atoms with Gasteiger partial charge in [0.05, 0.1) is 6.61 Å². The van der Waals surface area contributed by atoms with Crippen LogP contribution in [0.2, 0.25) is 0 Å². The SMILES string of the molecule is CC=CCOCC(=O)c1cccc(Br)c1. The molecule has 2 nitrogen and oxygen atoms in total. The molecule has 0 aliphatic carbocycles. The summed E-state index contributed by atoms with van der Waals surface area (Å²) in [4.78, 5) is 11.6. The third-order valence-corrected chi connectivity index (χ3v) is 2.32. The third kappa shape index (κ3) is 4.40. The zero-order valence-electron chi connectivity index (χ0n) is 8.57. The normalized spacial score (nSPS) is 10.8. The van der Waals surface area contributed by atoms with E-state index in [-0.39, 0.29) is 12.4 Å². The largest absolute Gasteiger partial charge is 0.369 e. The van der Waals surface area contributed by atoms with Crippen LogP contribution in [-0.2, 0) is 4.74 Å². The highest BCUT2D eigenvalue weighted by atomic mass is 79.9. The lowest BCUT2D eigenvalue weighted by Crippen LogP contribution is -2.08. The molecular weight excluding hydrogens is 256 g/mol. The fourth-order valence-corrected chi connectivity index (χ4v) is 1.46. The molecule has 3 heteroatoms. The highest BCUT2D eigenvalue weighted by molar-refractivity contribution is 9.10. The Labute approximate surface area is 98.1 Å². The van der Waals surface area contributed by atoms with Crippen LogP contribution in [0.15, 0.2) is 40.9 Å². The average molecular weight is 269 g/mol. The molecule has 1 aromatic rings. The van der Waals surface area contributed by atoms with E-state index in [2.05, 4.69) is 15.9 Å². The summed E-state index contributed by atoms with van der Waals surface area (Å²) in [6.45, 7) is 2.52. The van der Waals surface area contributed by atoms with Crippen molar-refractivity contribution in [1.29, 1.82) is 0 Å². The first-order valence-corrected chi connectivity index (χ1v) is 5.51. The fourth-order valence-electron chi connectivity index (χ4n) is 1.06. The molecule has 0 radical (unpaired) electrons. The van der Waals surface area contributed by atoms with Crippen LogP contribution in [0.5, 0.6) is 0 Å². The van der Waals surface area contributed by atoms with Gasteiger partial charge in [0.25, 0.3) is 0 Å². The van der Waals surface area contributed by atoms with Gasteiger partial charge in [-0.3, -0.25) is 4.79 Å². The van der Waals surface area contributed by atoms with Crippen LogP contribution in [-0.4, -0.2) is 19.0 Å². The minimum absolute atomic E-state index is 0.000744. The summed E-state index contributed by atoms with van der Waals surface area (Å²) in [5.74, 6) is 0.000744. The number of carbonyl (C=O) groups is 1. The van der Waals surface area contributed by atoms with Crippen molar-refractivity contribution in [2.45, 2.75) is 6.92 Å². The number of hydrogen-bond donors (Lipinski definition) is 0. The van der Waals surface area contributed by atoms with Crippen molar-refractivity contribution in [2.24, 2.45) is 0 Å². The van der Waals surface area contributed by atoms with Crippen LogP contribution in [0.3, 0.4) is 0 Å². The molecule has 1 rings (SSSR count). The first-order valence-electron chi connectivity index (χ1n) is 4.71. The number of ketones is 1. The van der Waals surface area contributed by atoms with Crippen molar-refractivity contribution in [3.05, 3.63) is 46.5 Å². The van der Waals surface area contributed by atoms with E-state index < -0.39 is 0 Å². The Kier molecular flexibility index (Phi) is 5.29. The van der Waals surface area contributed by atoms with Crippen LogP contribution in [0.1, 0.15) is 17.3 Å². The molecular formula is C12H13BrO2. The number of carbonyl (C=O) groups excluding carboxylic acids is 1. The van der Waals surface area contributed by atoms with Gasteiger partial charge in [-0.15, -0.1) is 0 Å². The molecule has 0 heterocycles. The molecule has 0 aliphatic heterocycles. The van der Waals surface area contributed by atoms with Crippen molar-refractivity contribution in [1.82, 2.24) is 0 Å². The lowest BCUT2D eigenvalue weighted by molar-refractivity contribution is 0.0806. The second kappa shape index (κ2) is 6.53. The van der Waals surface area contributed by atoms with Gasteiger partial charge in [-0.2, -0.15) is 0 Å². The topological polar surface area (TPSA) is 26.3 Å². The van der Waals surface area contributed by atoms with E-state index in [4.69, 9.17) is 4.74 Å². The maximum Gasteiger partial charge on any atom is 0.188 e. The maximum absolute atomic E-state index is 11.6. The summed E-state index contributed by atoms with van der Waals surface area (Å²) in [6, 6.07) is 7.30. The second-order valence-electron chi connectivity index (χ2n) is 3.02. The lowest BCUT2D eigenvalue weighted by atomic mass is 10.1. The van der Waals surface area contributed by atoms with Crippen LogP contribution in [0.4, 0.5) is 0 Å². The lowest BCUT2D eigenvalue weighted by Gasteiger charge is -2.01. The molecule has 0 amide bonds. The van der Waals surface area contributed by atoms with Gasteiger partial charge in [0.2, 0.25) is 0 Å². The molecule has 0 atom stereocenters. The van der Waals surface area contributed by atoms with E-state index in [9.17, 15) is 4.79 Å². The van der Waals surface area contributed by atoms with Gasteiger partial charge in [-0.25, -0.2) is 0 Å². The van der Waals surface area contributed by atoms with Gasteiger partial charge in [-0.1, -0.05) is 40.2 Å². The Bertz CT molecular complexity index is 358. The third-order valence-electron chi connectivity index (χ3n) is 1.83. The smallest absolute Gasteiger partial charge is 0.188 e. The quantitative estimate of drug-likeness (QED) is 0.466. The van der Waals surface area contributed by atoms with Gasteiger partial charge in [-0.05, 0) is 19.1 Å². The monoisotopic (exact) mass is 268 g/mol. The Morgan fingerprint density at radius 3 is 3.00 bits per heavy atom. The maximum atomic E-state index is 11.6. The molecule has 0 N–H and O–H groups in total. The zero-order chi connectivity index (χ0) is 11.1. The molecule has 80 valence electrons. The van der Waals surface area contributed by atoms with E-state index in [0.717, 1.165) is 4.47 Å². The van der Waals surface area contributed by atoms with Crippen molar-refractivity contribution >= 4 is 21.7 Å². The van der Waals surface area contributed by atoms with Crippen molar-refractivity contribution in [3.63, 3.8) is 0 Å². The number of allylic oxidation sites excluding steroid dienone is 1. The van der Waals surface area contributed by atoms with Gasteiger partial charge in [0.1, 0.15) is 6.61 Å². The molecule has 15 heavy (non-hydrogen) atoms. The number of ether oxygens (including phenoxy) is 1. The van der Waals surface area contributed by atoms with E-state index in [1.54, 1.807) is 12.1 Å². The van der Waals surface area contributed by atoms with E-state index >= 15 is 0 Å². The van der Waals surface area contributed by atoms with Crippen molar-refractivity contribution in [3.8, 4) is 0 Å². The Balaban J connectivity index is 2.47. The van der Waals surface area contributed by atoms with Crippen LogP contribution >= 0.6 is 15.9 Å². The van der Waals surface area contributed by atoms with Crippen LogP contribution in [0, 0.1) is 0 Å². The highest BCUT2D eigenvalue weighted by Crippen LogP contribution is 2.12. The minimum atomic E-state index is 0.000744. The van der Waals surface area contributed by atoms with Gasteiger partial charge in [0, 0.05) is 10.0 Å². The number of hydrogen-bond acceptors (Lipinski definition) is 2. The summed E-state index contributed by atoms with van der Waals surface area (Å²) in [5, 5.41) is 0. The Morgan fingerprint density at radius 1 is 1.53 bits per heavy atom. The standard InChI is InChI=1S/C12H13BrO2/c1-2-3-7-15-9-12(14)10-5-4-6-11(13)8-10/h2-6,8H,7,9H2,1H3. The summed E-state index contributed by atoms with van der Waals surface area (Å²) < 4.78 is 6.08. The number of halogens is 1. The highest BCUT2D eigenvalue weighted by Gasteiger charge is 2.05. The zero-order valence-corrected chi connectivity index (χ0v) is 10.2. The van der Waals surface area contributed by atoms with Gasteiger partial charge >= 0.3 is 0 Å². The van der Waals surface area contributed by atoms with Gasteiger partial charge in [0.15, 0.2) is 5.78 Å². The molecule has 0 aromatic heterocycles. The summed E-state index contributed by atoms with van der Waals surface area (Å²) >= 11 is 3.32. The molecule has 0 saturated heterocycles. The fraction of sp³-hybridized carbons (Fsp3) is 0.250. The van der Waals surface area contributed by atoms with Gasteiger partial charge < -0.3 is 4.74 Å². The average Bonchev–Trinajstić information content (AvgIpc) is 2.24. The Hall–Kier alpha value is -0.930. The van der Waals surface area contributed by atoms with E-state index in [1.807, 2.05) is 31.2 Å². The van der Waals surface area contributed by atoms with Crippen molar-refractivity contribution < 1.29 is 9.53 Å². The summed E-state index contributed by atoms with van der Waals surface area (Å²) in [6.07, 6.45) is 3.76. The first-order chi connectivity index (χ1) is 7.24.